The maximum Gasteiger partial charge on any atom is 0.226 e. The largest absolute Gasteiger partial charge is 0.339 e. The fourth-order valence-corrected chi connectivity index (χ4v) is 4.22. The van der Waals surface area contributed by atoms with E-state index in [1.807, 2.05) is 0 Å². The Morgan fingerprint density at radius 2 is 1.90 bits per heavy atom. The molecule has 3 heteroatoms. The third-order valence-corrected chi connectivity index (χ3v) is 5.35. The van der Waals surface area contributed by atoms with Crippen molar-refractivity contribution < 1.29 is 4.79 Å². The van der Waals surface area contributed by atoms with Gasteiger partial charge in [0.25, 0.3) is 0 Å². The number of carbonyl (C=O) groups excluding carboxylic acids is 1. The van der Waals surface area contributed by atoms with E-state index in [-0.39, 0.29) is 5.92 Å². The summed E-state index contributed by atoms with van der Waals surface area (Å²) in [4.78, 5) is 15.1. The average Bonchev–Trinajstić information content (AvgIpc) is 3.14. The molecule has 3 nitrogen and oxygen atoms in total. The number of amides is 1. The van der Waals surface area contributed by atoms with E-state index in [2.05, 4.69) is 36.1 Å². The lowest BCUT2D eigenvalue weighted by Crippen LogP contribution is -2.46. The summed E-state index contributed by atoms with van der Waals surface area (Å²) < 4.78 is 0. The van der Waals surface area contributed by atoms with Crippen LogP contribution in [-0.4, -0.2) is 29.9 Å². The van der Waals surface area contributed by atoms with Crippen LogP contribution in [0.5, 0.6) is 0 Å². The van der Waals surface area contributed by atoms with E-state index >= 15 is 0 Å². The Labute approximate surface area is 127 Å². The smallest absolute Gasteiger partial charge is 0.226 e. The van der Waals surface area contributed by atoms with Gasteiger partial charge >= 0.3 is 0 Å². The number of carbonyl (C=O) groups is 1. The van der Waals surface area contributed by atoms with Crippen LogP contribution in [0.15, 0.2) is 24.3 Å². The number of benzene rings is 1. The summed E-state index contributed by atoms with van der Waals surface area (Å²) in [6, 6.07) is 8.85. The lowest BCUT2D eigenvalue weighted by molar-refractivity contribution is -0.138. The van der Waals surface area contributed by atoms with E-state index in [0.717, 1.165) is 25.8 Å². The van der Waals surface area contributed by atoms with Crippen LogP contribution in [0.2, 0.25) is 0 Å². The molecule has 1 aromatic rings. The van der Waals surface area contributed by atoms with Gasteiger partial charge in [0.15, 0.2) is 0 Å². The van der Waals surface area contributed by atoms with Crippen molar-refractivity contribution in [2.45, 2.75) is 45.1 Å². The van der Waals surface area contributed by atoms with Gasteiger partial charge < -0.3 is 10.6 Å². The lowest BCUT2D eigenvalue weighted by atomic mass is 9.98. The van der Waals surface area contributed by atoms with Crippen molar-refractivity contribution in [3.63, 3.8) is 0 Å². The summed E-state index contributed by atoms with van der Waals surface area (Å²) in [5.41, 5.74) is 8.61. The van der Waals surface area contributed by atoms with E-state index in [1.165, 1.54) is 24.0 Å². The monoisotopic (exact) mass is 286 g/mol. The average molecular weight is 286 g/mol. The third kappa shape index (κ3) is 2.71. The molecule has 0 aliphatic heterocycles. The fraction of sp³-hybridized carbons (Fsp3) is 0.611. The van der Waals surface area contributed by atoms with Crippen LogP contribution in [0.4, 0.5) is 0 Å². The summed E-state index contributed by atoms with van der Waals surface area (Å²) >= 11 is 0. The van der Waals surface area contributed by atoms with E-state index in [1.54, 1.807) is 0 Å². The Balaban J connectivity index is 1.72. The zero-order valence-corrected chi connectivity index (χ0v) is 12.9. The highest BCUT2D eigenvalue weighted by atomic mass is 16.2. The molecule has 0 saturated heterocycles. The van der Waals surface area contributed by atoms with E-state index in [0.29, 0.717) is 24.4 Å². The number of hydrogen-bond donors (Lipinski definition) is 1. The highest BCUT2D eigenvalue weighted by Crippen LogP contribution is 2.33. The molecule has 2 N–H and O–H groups in total. The summed E-state index contributed by atoms with van der Waals surface area (Å²) in [6.45, 7) is 3.62. The van der Waals surface area contributed by atoms with Gasteiger partial charge in [-0.25, -0.2) is 0 Å². The van der Waals surface area contributed by atoms with Crippen molar-refractivity contribution >= 4 is 5.91 Å². The molecule has 1 aromatic carbocycles. The second kappa shape index (κ2) is 6.18. The van der Waals surface area contributed by atoms with Gasteiger partial charge in [-0.1, -0.05) is 30.7 Å². The molecular formula is C18H26N2O. The summed E-state index contributed by atoms with van der Waals surface area (Å²) in [6.07, 6.45) is 5.33. The maximum atomic E-state index is 13.0. The minimum absolute atomic E-state index is 0.140. The molecule has 1 saturated carbocycles. The van der Waals surface area contributed by atoms with Gasteiger partial charge in [0.2, 0.25) is 5.91 Å². The fourth-order valence-electron chi connectivity index (χ4n) is 4.22. The minimum atomic E-state index is 0.140. The first kappa shape index (κ1) is 14.6. The molecule has 0 bridgehead atoms. The van der Waals surface area contributed by atoms with Crippen LogP contribution in [0.3, 0.4) is 0 Å². The summed E-state index contributed by atoms with van der Waals surface area (Å²) in [5, 5.41) is 0. The molecular weight excluding hydrogens is 260 g/mol. The predicted molar refractivity (Wildman–Crippen MR) is 84.9 cm³/mol. The quantitative estimate of drug-likeness (QED) is 0.923. The summed E-state index contributed by atoms with van der Waals surface area (Å²) in [5.74, 6) is 0.984. The number of hydrogen-bond acceptors (Lipinski definition) is 2. The number of rotatable bonds is 4. The van der Waals surface area contributed by atoms with Crippen molar-refractivity contribution in [2.24, 2.45) is 17.6 Å². The zero-order chi connectivity index (χ0) is 14.8. The van der Waals surface area contributed by atoms with Crippen molar-refractivity contribution in [2.75, 3.05) is 13.1 Å². The molecule has 0 radical (unpaired) electrons. The molecule has 3 rings (SSSR count). The van der Waals surface area contributed by atoms with Crippen LogP contribution < -0.4 is 5.73 Å². The van der Waals surface area contributed by atoms with Gasteiger partial charge in [-0.3, -0.25) is 4.79 Å². The standard InChI is InChI=1S/C18H26N2O/c1-2-20(17-9-5-8-15(17)12-19)18(21)16-10-13-6-3-4-7-14(13)11-16/h3-4,6-7,15-17H,2,5,8-12,19H2,1H3. The van der Waals surface area contributed by atoms with E-state index in [9.17, 15) is 4.79 Å². The van der Waals surface area contributed by atoms with E-state index < -0.39 is 0 Å². The Kier molecular flexibility index (Phi) is 4.29. The van der Waals surface area contributed by atoms with Crippen LogP contribution in [0, 0.1) is 11.8 Å². The normalized spacial score (nSPS) is 25.0. The van der Waals surface area contributed by atoms with Crippen molar-refractivity contribution in [3.05, 3.63) is 35.4 Å². The SMILES string of the molecule is CCN(C(=O)C1Cc2ccccc2C1)C1CCCC1CN. The van der Waals surface area contributed by atoms with Gasteiger partial charge in [0, 0.05) is 18.5 Å². The Bertz CT molecular complexity index is 489. The Morgan fingerprint density at radius 3 is 2.48 bits per heavy atom. The van der Waals surface area contributed by atoms with Crippen LogP contribution in [0.25, 0.3) is 0 Å². The summed E-state index contributed by atoms with van der Waals surface area (Å²) in [7, 11) is 0. The predicted octanol–water partition coefficient (Wildman–Crippen LogP) is 2.38. The number of nitrogens with zero attached hydrogens (tertiary/aromatic N) is 1. The third-order valence-electron chi connectivity index (χ3n) is 5.35. The Morgan fingerprint density at radius 1 is 1.24 bits per heavy atom. The van der Waals surface area contributed by atoms with Crippen LogP contribution >= 0.6 is 0 Å². The molecule has 2 unspecified atom stereocenters. The highest BCUT2D eigenvalue weighted by Gasteiger charge is 2.37. The van der Waals surface area contributed by atoms with Crippen molar-refractivity contribution in [1.82, 2.24) is 4.90 Å². The highest BCUT2D eigenvalue weighted by molar-refractivity contribution is 5.81. The molecule has 2 aliphatic rings. The molecule has 1 fully saturated rings. The molecule has 2 aliphatic carbocycles. The first-order chi connectivity index (χ1) is 10.2. The molecule has 1 amide bonds. The van der Waals surface area contributed by atoms with Gasteiger partial charge in [-0.15, -0.1) is 0 Å². The van der Waals surface area contributed by atoms with Gasteiger partial charge in [-0.05, 0) is 56.2 Å². The van der Waals surface area contributed by atoms with Crippen molar-refractivity contribution in [3.8, 4) is 0 Å². The molecule has 0 spiro atoms. The topological polar surface area (TPSA) is 46.3 Å². The number of nitrogens with two attached hydrogens (primary N) is 1. The molecule has 21 heavy (non-hydrogen) atoms. The maximum absolute atomic E-state index is 13.0. The number of fused-ring (bicyclic) bond motifs is 1. The first-order valence-electron chi connectivity index (χ1n) is 8.32. The molecule has 2 atom stereocenters. The Hall–Kier alpha value is -1.35. The second-order valence-corrected chi connectivity index (χ2v) is 6.49. The molecule has 0 aromatic heterocycles. The molecule has 0 heterocycles. The van der Waals surface area contributed by atoms with Crippen LogP contribution in [-0.2, 0) is 17.6 Å². The van der Waals surface area contributed by atoms with Gasteiger partial charge in [0.05, 0.1) is 0 Å². The zero-order valence-electron chi connectivity index (χ0n) is 12.9. The minimum Gasteiger partial charge on any atom is -0.339 e. The van der Waals surface area contributed by atoms with Crippen LogP contribution in [0.1, 0.15) is 37.3 Å². The van der Waals surface area contributed by atoms with Crippen molar-refractivity contribution in [1.29, 1.82) is 0 Å². The lowest BCUT2D eigenvalue weighted by Gasteiger charge is -2.33. The van der Waals surface area contributed by atoms with Gasteiger partial charge in [-0.2, -0.15) is 0 Å². The van der Waals surface area contributed by atoms with E-state index in [4.69, 9.17) is 5.73 Å². The molecule has 114 valence electrons. The first-order valence-corrected chi connectivity index (χ1v) is 8.32. The van der Waals surface area contributed by atoms with Gasteiger partial charge in [0.1, 0.15) is 0 Å². The second-order valence-electron chi connectivity index (χ2n) is 6.49.